The van der Waals surface area contributed by atoms with Crippen molar-refractivity contribution >= 4 is 11.5 Å². The number of ketones is 1. The molecule has 7 heteroatoms. The third-order valence-electron chi connectivity index (χ3n) is 1.91. The number of carbonyl (C=O) groups excluding carboxylic acids is 1. The molecular formula is C10H9F2NO4. The van der Waals surface area contributed by atoms with Crippen LogP contribution in [-0.2, 0) is 11.2 Å². The van der Waals surface area contributed by atoms with Crippen molar-refractivity contribution in [1.82, 2.24) is 0 Å². The molecule has 0 heterocycles. The summed E-state index contributed by atoms with van der Waals surface area (Å²) < 4.78 is 28.0. The lowest BCUT2D eigenvalue weighted by atomic mass is 10.1. The molecule has 1 aromatic rings. The van der Waals surface area contributed by atoms with Gasteiger partial charge in [-0.15, -0.1) is 0 Å². The Kier molecular flexibility index (Phi) is 4.08. The van der Waals surface area contributed by atoms with Crippen molar-refractivity contribution in [2.24, 2.45) is 0 Å². The largest absolute Gasteiger partial charge is 0.435 e. The van der Waals surface area contributed by atoms with E-state index in [9.17, 15) is 23.7 Å². The summed E-state index contributed by atoms with van der Waals surface area (Å²) in [7, 11) is 0. The van der Waals surface area contributed by atoms with E-state index in [-0.39, 0.29) is 29.2 Å². The van der Waals surface area contributed by atoms with Crippen molar-refractivity contribution in [2.75, 3.05) is 0 Å². The van der Waals surface area contributed by atoms with E-state index in [0.29, 0.717) is 0 Å². The molecule has 0 aliphatic carbocycles. The Morgan fingerprint density at radius 1 is 1.53 bits per heavy atom. The maximum Gasteiger partial charge on any atom is 0.387 e. The molecule has 0 amide bonds. The lowest BCUT2D eigenvalue weighted by Crippen LogP contribution is -2.05. The highest BCUT2D eigenvalue weighted by molar-refractivity contribution is 5.79. The Labute approximate surface area is 95.2 Å². The molecule has 0 aromatic heterocycles. The number of alkyl halides is 2. The van der Waals surface area contributed by atoms with Gasteiger partial charge in [-0.3, -0.25) is 14.9 Å². The van der Waals surface area contributed by atoms with Gasteiger partial charge >= 0.3 is 6.61 Å². The van der Waals surface area contributed by atoms with Crippen LogP contribution in [-0.4, -0.2) is 17.3 Å². The van der Waals surface area contributed by atoms with Gasteiger partial charge in [0.05, 0.1) is 4.92 Å². The molecule has 0 unspecified atom stereocenters. The maximum atomic E-state index is 12.0. The van der Waals surface area contributed by atoms with E-state index in [1.807, 2.05) is 0 Å². The predicted octanol–water partition coefficient (Wildman–Crippen LogP) is 2.33. The van der Waals surface area contributed by atoms with Gasteiger partial charge in [0.1, 0.15) is 11.5 Å². The second kappa shape index (κ2) is 5.33. The third kappa shape index (κ3) is 3.78. The summed E-state index contributed by atoms with van der Waals surface area (Å²) in [4.78, 5) is 20.9. The number of nitrogens with zero attached hydrogens (tertiary/aromatic N) is 1. The summed E-state index contributed by atoms with van der Waals surface area (Å²) in [5.74, 6) is -0.510. The fraction of sp³-hybridized carbons (Fsp3) is 0.300. The number of carbonyl (C=O) groups is 1. The lowest BCUT2D eigenvalue weighted by Gasteiger charge is -2.06. The van der Waals surface area contributed by atoms with E-state index >= 15 is 0 Å². The number of halogens is 2. The van der Waals surface area contributed by atoms with Crippen LogP contribution in [0, 0.1) is 10.1 Å². The first kappa shape index (κ1) is 13.0. The standard InChI is InChI=1S/C10H9F2NO4/c1-6(14)4-7-5-8(17-10(11)12)2-3-9(7)13(15)16/h2-3,5,10H,4H2,1H3. The molecular weight excluding hydrogens is 236 g/mol. The minimum Gasteiger partial charge on any atom is -0.435 e. The van der Waals surface area contributed by atoms with Gasteiger partial charge in [-0.25, -0.2) is 0 Å². The normalized spacial score (nSPS) is 10.4. The minimum absolute atomic E-state index is 0.0562. The van der Waals surface area contributed by atoms with Crippen molar-refractivity contribution in [1.29, 1.82) is 0 Å². The highest BCUT2D eigenvalue weighted by Crippen LogP contribution is 2.25. The Balaban J connectivity index is 3.09. The smallest absolute Gasteiger partial charge is 0.387 e. The molecule has 0 atom stereocenters. The van der Waals surface area contributed by atoms with Crippen LogP contribution in [0.2, 0.25) is 0 Å². The molecule has 1 aromatic carbocycles. The van der Waals surface area contributed by atoms with E-state index < -0.39 is 11.5 Å². The van der Waals surface area contributed by atoms with Crippen molar-refractivity contribution in [3.8, 4) is 5.75 Å². The van der Waals surface area contributed by atoms with Gasteiger partial charge in [0.25, 0.3) is 5.69 Å². The first-order chi connectivity index (χ1) is 7.90. The van der Waals surface area contributed by atoms with E-state index in [4.69, 9.17) is 0 Å². The van der Waals surface area contributed by atoms with Gasteiger partial charge in [-0.1, -0.05) is 0 Å². The number of ether oxygens (including phenoxy) is 1. The third-order valence-corrected chi connectivity index (χ3v) is 1.91. The molecule has 0 aliphatic heterocycles. The van der Waals surface area contributed by atoms with Crippen molar-refractivity contribution in [3.05, 3.63) is 33.9 Å². The van der Waals surface area contributed by atoms with Crippen molar-refractivity contribution < 1.29 is 23.2 Å². The second-order valence-corrected chi connectivity index (χ2v) is 3.30. The Bertz CT molecular complexity index is 448. The van der Waals surface area contributed by atoms with E-state index in [1.54, 1.807) is 0 Å². The van der Waals surface area contributed by atoms with Crippen LogP contribution in [0.1, 0.15) is 12.5 Å². The van der Waals surface area contributed by atoms with Crippen molar-refractivity contribution in [3.63, 3.8) is 0 Å². The number of hydrogen-bond donors (Lipinski definition) is 0. The van der Waals surface area contributed by atoms with Gasteiger partial charge in [0, 0.05) is 18.1 Å². The number of nitro benzene ring substituents is 1. The average molecular weight is 245 g/mol. The van der Waals surface area contributed by atoms with Crippen LogP contribution in [0.15, 0.2) is 18.2 Å². The summed E-state index contributed by atoms with van der Waals surface area (Å²) in [6.07, 6.45) is -0.198. The number of rotatable bonds is 5. The molecule has 1 rings (SSSR count). The summed E-state index contributed by atoms with van der Waals surface area (Å²) in [6, 6.07) is 3.18. The van der Waals surface area contributed by atoms with Crippen LogP contribution in [0.25, 0.3) is 0 Å². The SMILES string of the molecule is CC(=O)Cc1cc(OC(F)F)ccc1[N+](=O)[O-]. The molecule has 0 bridgehead atoms. The predicted molar refractivity (Wildman–Crippen MR) is 54.1 cm³/mol. The Morgan fingerprint density at radius 2 is 2.18 bits per heavy atom. The first-order valence-corrected chi connectivity index (χ1v) is 4.61. The highest BCUT2D eigenvalue weighted by atomic mass is 19.3. The number of Topliss-reactive ketones (excluding diaryl/α,β-unsaturated/α-hetero) is 1. The van der Waals surface area contributed by atoms with E-state index in [2.05, 4.69) is 4.74 Å². The zero-order chi connectivity index (χ0) is 13.0. The van der Waals surface area contributed by atoms with Gasteiger partial charge < -0.3 is 4.74 Å². The monoisotopic (exact) mass is 245 g/mol. The highest BCUT2D eigenvalue weighted by Gasteiger charge is 2.17. The fourth-order valence-corrected chi connectivity index (χ4v) is 1.33. The Hall–Kier alpha value is -2.05. The molecule has 0 saturated carbocycles. The first-order valence-electron chi connectivity index (χ1n) is 4.61. The molecule has 92 valence electrons. The molecule has 0 N–H and O–H groups in total. The zero-order valence-corrected chi connectivity index (χ0v) is 8.85. The number of benzene rings is 1. The zero-order valence-electron chi connectivity index (χ0n) is 8.85. The summed E-state index contributed by atoms with van der Waals surface area (Å²) in [6.45, 7) is -1.76. The molecule has 0 radical (unpaired) electrons. The lowest BCUT2D eigenvalue weighted by molar-refractivity contribution is -0.385. The van der Waals surface area contributed by atoms with Gasteiger partial charge in [0.2, 0.25) is 0 Å². The van der Waals surface area contributed by atoms with E-state index in [1.165, 1.54) is 6.92 Å². The summed E-state index contributed by atoms with van der Waals surface area (Å²) in [5, 5.41) is 10.6. The molecule has 17 heavy (non-hydrogen) atoms. The molecule has 0 fully saturated rings. The summed E-state index contributed by atoms with van der Waals surface area (Å²) >= 11 is 0. The summed E-state index contributed by atoms with van der Waals surface area (Å²) in [5.41, 5.74) is -0.234. The van der Waals surface area contributed by atoms with Crippen LogP contribution in [0.5, 0.6) is 5.75 Å². The average Bonchev–Trinajstić information content (AvgIpc) is 2.15. The fourth-order valence-electron chi connectivity index (χ4n) is 1.33. The Morgan fingerprint density at radius 3 is 2.65 bits per heavy atom. The number of nitro groups is 1. The second-order valence-electron chi connectivity index (χ2n) is 3.30. The molecule has 0 saturated heterocycles. The molecule has 0 aliphatic rings. The van der Waals surface area contributed by atoms with Gasteiger partial charge in [-0.05, 0) is 19.1 Å². The van der Waals surface area contributed by atoms with Gasteiger partial charge in [-0.2, -0.15) is 8.78 Å². The van der Waals surface area contributed by atoms with Crippen LogP contribution >= 0.6 is 0 Å². The topological polar surface area (TPSA) is 69.4 Å². The molecule has 5 nitrogen and oxygen atoms in total. The molecule has 0 spiro atoms. The van der Waals surface area contributed by atoms with E-state index in [0.717, 1.165) is 18.2 Å². The van der Waals surface area contributed by atoms with Crippen LogP contribution in [0.4, 0.5) is 14.5 Å². The maximum absolute atomic E-state index is 12.0. The van der Waals surface area contributed by atoms with Crippen molar-refractivity contribution in [2.45, 2.75) is 20.0 Å². The van der Waals surface area contributed by atoms with Crippen LogP contribution < -0.4 is 4.74 Å². The van der Waals surface area contributed by atoms with Crippen LogP contribution in [0.3, 0.4) is 0 Å². The minimum atomic E-state index is -3.01. The quantitative estimate of drug-likeness (QED) is 0.589. The van der Waals surface area contributed by atoms with Gasteiger partial charge in [0.15, 0.2) is 0 Å². The number of hydrogen-bond acceptors (Lipinski definition) is 4.